The number of nitro benzene ring substituents is 1. The lowest BCUT2D eigenvalue weighted by Gasteiger charge is -2.31. The summed E-state index contributed by atoms with van der Waals surface area (Å²) in [6, 6.07) is 5.75. The summed E-state index contributed by atoms with van der Waals surface area (Å²) in [5.41, 5.74) is 1.32. The Balaban J connectivity index is 2.73. The zero-order valence-electron chi connectivity index (χ0n) is 18.4. The number of nitrogens with one attached hydrogen (secondary N) is 1. The van der Waals surface area contributed by atoms with Crippen molar-refractivity contribution in [1.29, 1.82) is 0 Å². The Morgan fingerprint density at radius 3 is 2.28 bits per heavy atom. The van der Waals surface area contributed by atoms with E-state index in [2.05, 4.69) is 5.32 Å². The number of hydrogen-bond donors (Lipinski definition) is 1. The Morgan fingerprint density at radius 1 is 1.09 bits per heavy atom. The van der Waals surface area contributed by atoms with Crippen molar-refractivity contribution in [3.05, 3.63) is 62.5 Å². The standard InChI is InChI=1S/C22H26N2O7S/c1-5-17(25)32-12-16-20(22(27)31-7-3)19(14-9-8-10-15(11-14)24(28)29)18(13(4)23-16)21(26)30-6-2/h8-11,19,23H,5-7,12H2,1-4H3. The topological polar surface area (TPSA) is 125 Å². The van der Waals surface area contributed by atoms with Crippen LogP contribution in [0, 0.1) is 10.1 Å². The van der Waals surface area contributed by atoms with E-state index in [0.29, 0.717) is 23.4 Å². The van der Waals surface area contributed by atoms with Crippen molar-refractivity contribution >= 4 is 34.5 Å². The van der Waals surface area contributed by atoms with E-state index < -0.39 is 22.8 Å². The van der Waals surface area contributed by atoms with E-state index in [1.165, 1.54) is 18.2 Å². The van der Waals surface area contributed by atoms with Crippen LogP contribution in [0.1, 0.15) is 45.6 Å². The summed E-state index contributed by atoms with van der Waals surface area (Å²) in [6.07, 6.45) is 0.323. The molecular weight excluding hydrogens is 436 g/mol. The number of carbonyl (C=O) groups excluding carboxylic acids is 3. The Hall–Kier alpha value is -3.14. The molecule has 0 fully saturated rings. The van der Waals surface area contributed by atoms with Crippen molar-refractivity contribution in [2.45, 2.75) is 40.0 Å². The first kappa shape index (κ1) is 25.1. The van der Waals surface area contributed by atoms with Crippen LogP contribution in [0.3, 0.4) is 0 Å². The number of hydrogen-bond acceptors (Lipinski definition) is 9. The maximum absolute atomic E-state index is 13.0. The summed E-state index contributed by atoms with van der Waals surface area (Å²) >= 11 is 1.04. The Kier molecular flexibility index (Phi) is 9.01. The van der Waals surface area contributed by atoms with Crippen molar-refractivity contribution in [2.24, 2.45) is 0 Å². The maximum Gasteiger partial charge on any atom is 0.336 e. The fourth-order valence-electron chi connectivity index (χ4n) is 3.35. The fourth-order valence-corrected chi connectivity index (χ4v) is 4.08. The van der Waals surface area contributed by atoms with Gasteiger partial charge >= 0.3 is 11.9 Å². The van der Waals surface area contributed by atoms with Gasteiger partial charge in [0.25, 0.3) is 5.69 Å². The molecule has 0 aromatic heterocycles. The highest BCUT2D eigenvalue weighted by Gasteiger charge is 2.39. The van der Waals surface area contributed by atoms with Crippen LogP contribution in [0.5, 0.6) is 0 Å². The van der Waals surface area contributed by atoms with E-state index in [-0.39, 0.29) is 40.9 Å². The quantitative estimate of drug-likeness (QED) is 0.333. The number of allylic oxidation sites excluding steroid dienone is 1. The molecule has 0 spiro atoms. The summed E-state index contributed by atoms with van der Waals surface area (Å²) in [7, 11) is 0. The lowest BCUT2D eigenvalue weighted by Crippen LogP contribution is -2.34. The highest BCUT2D eigenvalue weighted by Crippen LogP contribution is 2.41. The molecule has 1 aromatic carbocycles. The highest BCUT2D eigenvalue weighted by molar-refractivity contribution is 8.13. The second kappa shape index (κ2) is 11.5. The van der Waals surface area contributed by atoms with Gasteiger partial charge in [-0.05, 0) is 26.3 Å². The zero-order chi connectivity index (χ0) is 23.8. The minimum atomic E-state index is -0.957. The maximum atomic E-state index is 13.0. The van der Waals surface area contributed by atoms with Gasteiger partial charge < -0.3 is 14.8 Å². The molecule has 0 saturated carbocycles. The zero-order valence-corrected chi connectivity index (χ0v) is 19.2. The second-order valence-electron chi connectivity index (χ2n) is 6.80. The normalized spacial score (nSPS) is 15.8. The predicted octanol–water partition coefficient (Wildman–Crippen LogP) is 3.61. The van der Waals surface area contributed by atoms with Gasteiger partial charge in [-0.1, -0.05) is 30.8 Å². The predicted molar refractivity (Wildman–Crippen MR) is 120 cm³/mol. The number of nitro groups is 1. The third-order valence-electron chi connectivity index (χ3n) is 4.72. The first-order chi connectivity index (χ1) is 15.2. The van der Waals surface area contributed by atoms with E-state index in [1.807, 2.05) is 0 Å². The van der Waals surface area contributed by atoms with Crippen molar-refractivity contribution in [2.75, 3.05) is 19.0 Å². The highest BCUT2D eigenvalue weighted by atomic mass is 32.2. The molecule has 0 radical (unpaired) electrons. The molecule has 1 atom stereocenters. The Labute approximate surface area is 190 Å². The molecule has 1 aliphatic rings. The van der Waals surface area contributed by atoms with E-state index in [4.69, 9.17) is 9.47 Å². The van der Waals surface area contributed by atoms with Crippen LogP contribution < -0.4 is 5.32 Å². The van der Waals surface area contributed by atoms with Gasteiger partial charge in [0.05, 0.1) is 35.2 Å². The lowest BCUT2D eigenvalue weighted by molar-refractivity contribution is -0.384. The van der Waals surface area contributed by atoms with Crippen LogP contribution in [0.4, 0.5) is 5.69 Å². The molecule has 0 saturated heterocycles. The molecule has 1 aromatic rings. The molecule has 0 aliphatic carbocycles. The largest absolute Gasteiger partial charge is 0.463 e. The number of dihydropyridines is 1. The molecule has 172 valence electrons. The average Bonchev–Trinajstić information content (AvgIpc) is 2.76. The molecule has 1 N–H and O–H groups in total. The number of ether oxygens (including phenoxy) is 2. The first-order valence-corrected chi connectivity index (χ1v) is 11.2. The fraction of sp³-hybridized carbons (Fsp3) is 0.409. The van der Waals surface area contributed by atoms with E-state index in [0.717, 1.165) is 11.8 Å². The third-order valence-corrected chi connectivity index (χ3v) is 5.76. The SMILES string of the molecule is CCOC(=O)C1=C(C)NC(CSC(=O)CC)=C(C(=O)OCC)C1c1cccc([N+](=O)[O-])c1. The van der Waals surface area contributed by atoms with E-state index in [1.54, 1.807) is 33.8 Å². The van der Waals surface area contributed by atoms with E-state index >= 15 is 0 Å². The van der Waals surface area contributed by atoms with Crippen LogP contribution in [0.25, 0.3) is 0 Å². The van der Waals surface area contributed by atoms with Crippen LogP contribution in [-0.4, -0.2) is 40.9 Å². The molecule has 1 unspecified atom stereocenters. The number of non-ortho nitro benzene ring substituents is 1. The molecular formula is C22H26N2O7S. The molecule has 9 nitrogen and oxygen atoms in total. The van der Waals surface area contributed by atoms with Crippen molar-refractivity contribution in [1.82, 2.24) is 5.32 Å². The van der Waals surface area contributed by atoms with Gasteiger partial charge in [0.15, 0.2) is 5.12 Å². The first-order valence-electron chi connectivity index (χ1n) is 10.2. The van der Waals surface area contributed by atoms with Crippen molar-refractivity contribution in [3.8, 4) is 0 Å². The lowest BCUT2D eigenvalue weighted by atomic mass is 9.80. The molecule has 10 heteroatoms. The Morgan fingerprint density at radius 2 is 1.72 bits per heavy atom. The van der Waals surface area contributed by atoms with Gasteiger partial charge in [0, 0.05) is 35.7 Å². The minimum absolute atomic E-state index is 0.0627. The van der Waals surface area contributed by atoms with Crippen molar-refractivity contribution < 1.29 is 28.8 Å². The summed E-state index contributed by atoms with van der Waals surface area (Å²) in [5, 5.41) is 14.4. The molecule has 0 amide bonds. The second-order valence-corrected chi connectivity index (χ2v) is 7.83. The minimum Gasteiger partial charge on any atom is -0.463 e. The van der Waals surface area contributed by atoms with Crippen LogP contribution in [-0.2, 0) is 23.9 Å². The Bertz CT molecular complexity index is 984. The van der Waals surface area contributed by atoms with Gasteiger partial charge in [0.2, 0.25) is 0 Å². The van der Waals surface area contributed by atoms with Gasteiger partial charge in [0.1, 0.15) is 0 Å². The van der Waals surface area contributed by atoms with Crippen LogP contribution in [0.15, 0.2) is 46.8 Å². The monoisotopic (exact) mass is 462 g/mol. The average molecular weight is 463 g/mol. The van der Waals surface area contributed by atoms with Gasteiger partial charge in [-0.2, -0.15) is 0 Å². The number of carbonyl (C=O) groups is 3. The molecule has 0 bridgehead atoms. The summed E-state index contributed by atoms with van der Waals surface area (Å²) in [4.78, 5) is 48.6. The third kappa shape index (κ3) is 5.76. The molecule has 1 aliphatic heterocycles. The number of esters is 2. The van der Waals surface area contributed by atoms with Crippen LogP contribution >= 0.6 is 11.8 Å². The molecule has 32 heavy (non-hydrogen) atoms. The van der Waals surface area contributed by atoms with Gasteiger partial charge in [-0.25, -0.2) is 9.59 Å². The van der Waals surface area contributed by atoms with Gasteiger partial charge in [-0.15, -0.1) is 0 Å². The summed E-state index contributed by atoms with van der Waals surface area (Å²) < 4.78 is 10.5. The van der Waals surface area contributed by atoms with Crippen LogP contribution in [0.2, 0.25) is 0 Å². The number of nitrogens with zero attached hydrogens (tertiary/aromatic N) is 1. The summed E-state index contributed by atoms with van der Waals surface area (Å²) in [5.74, 6) is -2.13. The number of rotatable bonds is 9. The molecule has 1 heterocycles. The molecule has 2 rings (SSSR count). The number of thioether (sulfide) groups is 1. The van der Waals surface area contributed by atoms with E-state index in [9.17, 15) is 24.5 Å². The smallest absolute Gasteiger partial charge is 0.336 e. The summed E-state index contributed by atoms with van der Waals surface area (Å²) in [6.45, 7) is 6.91. The van der Waals surface area contributed by atoms with Gasteiger partial charge in [-0.3, -0.25) is 14.9 Å². The van der Waals surface area contributed by atoms with Crippen molar-refractivity contribution in [3.63, 3.8) is 0 Å². The number of benzene rings is 1.